The lowest BCUT2D eigenvalue weighted by molar-refractivity contribution is 0.0672. The third kappa shape index (κ3) is 5.53. The van der Waals surface area contributed by atoms with E-state index in [1.807, 2.05) is 7.05 Å². The molecule has 0 radical (unpaired) electrons. The molecule has 0 heterocycles. The largest absolute Gasteiger partial charge is 0.315 e. The lowest BCUT2D eigenvalue weighted by Gasteiger charge is -2.46. The maximum Gasteiger partial charge on any atom is 0.148 e. The predicted molar refractivity (Wildman–Crippen MR) is 90.4 cm³/mol. The minimum Gasteiger partial charge on any atom is -0.315 e. The maximum absolute atomic E-state index is 11.4. The van der Waals surface area contributed by atoms with Crippen LogP contribution in [0.15, 0.2) is 0 Å². The number of rotatable bonds is 7. The van der Waals surface area contributed by atoms with Crippen LogP contribution in [0.1, 0.15) is 46.5 Å². The average Bonchev–Trinajstić information content (AvgIpc) is 2.43. The molecule has 1 rings (SSSR count). The van der Waals surface area contributed by atoms with Gasteiger partial charge in [0.1, 0.15) is 9.84 Å². The second kappa shape index (κ2) is 7.42. The van der Waals surface area contributed by atoms with E-state index in [1.54, 1.807) is 0 Å². The molecule has 1 fully saturated rings. The van der Waals surface area contributed by atoms with Crippen LogP contribution in [0.4, 0.5) is 0 Å². The van der Waals surface area contributed by atoms with Gasteiger partial charge in [-0.2, -0.15) is 0 Å². The van der Waals surface area contributed by atoms with Crippen LogP contribution in [0, 0.1) is 11.3 Å². The molecule has 1 saturated carbocycles. The number of likely N-dealkylation sites (N-methyl/N-ethyl adjacent to an activating group) is 2. The van der Waals surface area contributed by atoms with Gasteiger partial charge in [-0.15, -0.1) is 0 Å². The summed E-state index contributed by atoms with van der Waals surface area (Å²) in [6, 6.07) is 0.903. The van der Waals surface area contributed by atoms with E-state index in [4.69, 9.17) is 0 Å². The van der Waals surface area contributed by atoms with Gasteiger partial charge in [-0.3, -0.25) is 0 Å². The quantitative estimate of drug-likeness (QED) is 0.781. The molecular weight excluding hydrogens is 284 g/mol. The van der Waals surface area contributed by atoms with Crippen LogP contribution < -0.4 is 5.32 Å². The molecule has 0 bridgehead atoms. The Labute approximate surface area is 131 Å². The van der Waals surface area contributed by atoms with E-state index in [2.05, 4.69) is 38.0 Å². The van der Waals surface area contributed by atoms with Gasteiger partial charge in [0.15, 0.2) is 0 Å². The first-order chi connectivity index (χ1) is 9.60. The van der Waals surface area contributed by atoms with Gasteiger partial charge < -0.3 is 10.2 Å². The fourth-order valence-electron chi connectivity index (χ4n) is 3.44. The van der Waals surface area contributed by atoms with Gasteiger partial charge in [0.2, 0.25) is 0 Å². The highest BCUT2D eigenvalue weighted by atomic mass is 32.2. The molecule has 0 saturated heterocycles. The molecule has 1 aliphatic rings. The number of nitrogens with zero attached hydrogens (tertiary/aromatic N) is 1. The van der Waals surface area contributed by atoms with Gasteiger partial charge >= 0.3 is 0 Å². The second-order valence-electron chi connectivity index (χ2n) is 7.43. The zero-order valence-electron chi connectivity index (χ0n) is 14.6. The smallest absolute Gasteiger partial charge is 0.148 e. The highest BCUT2D eigenvalue weighted by molar-refractivity contribution is 7.90. The van der Waals surface area contributed by atoms with E-state index >= 15 is 0 Å². The molecule has 3 unspecified atom stereocenters. The SMILES string of the molecule is CCC(C)(C)C1CCC(NC)C(N(C)CCS(C)(=O)=O)C1. The molecule has 5 heteroatoms. The number of sulfone groups is 1. The molecule has 0 aromatic carbocycles. The third-order valence-corrected chi connectivity index (χ3v) is 6.51. The first-order valence-corrected chi connectivity index (χ1v) is 10.2. The summed E-state index contributed by atoms with van der Waals surface area (Å²) in [4.78, 5) is 2.25. The Morgan fingerprint density at radius 3 is 2.38 bits per heavy atom. The number of nitrogens with one attached hydrogen (secondary N) is 1. The van der Waals surface area contributed by atoms with E-state index < -0.39 is 9.84 Å². The Bertz CT molecular complexity index is 420. The fraction of sp³-hybridized carbons (Fsp3) is 1.00. The van der Waals surface area contributed by atoms with Gasteiger partial charge in [-0.05, 0) is 44.7 Å². The Hall–Kier alpha value is -0.130. The minimum atomic E-state index is -2.89. The van der Waals surface area contributed by atoms with Crippen molar-refractivity contribution in [1.29, 1.82) is 0 Å². The predicted octanol–water partition coefficient (Wildman–Crippen LogP) is 2.16. The van der Waals surface area contributed by atoms with Crippen molar-refractivity contribution in [2.75, 3.05) is 32.6 Å². The average molecular weight is 319 g/mol. The Balaban J connectivity index is 2.74. The van der Waals surface area contributed by atoms with Crippen molar-refractivity contribution in [2.45, 2.75) is 58.5 Å². The van der Waals surface area contributed by atoms with Crippen LogP contribution in [-0.2, 0) is 9.84 Å². The van der Waals surface area contributed by atoms with Crippen LogP contribution in [0.2, 0.25) is 0 Å². The summed E-state index contributed by atoms with van der Waals surface area (Å²) in [7, 11) is 1.20. The van der Waals surface area contributed by atoms with Crippen molar-refractivity contribution in [3.8, 4) is 0 Å². The summed E-state index contributed by atoms with van der Waals surface area (Å²) in [6.07, 6.45) is 6.12. The summed E-state index contributed by atoms with van der Waals surface area (Å²) in [5, 5.41) is 3.43. The van der Waals surface area contributed by atoms with Gasteiger partial charge in [-0.25, -0.2) is 8.42 Å². The third-order valence-electron chi connectivity index (χ3n) is 5.58. The summed E-state index contributed by atoms with van der Waals surface area (Å²) in [5.41, 5.74) is 0.370. The summed E-state index contributed by atoms with van der Waals surface area (Å²) in [5.74, 6) is 0.968. The second-order valence-corrected chi connectivity index (χ2v) is 9.68. The zero-order valence-corrected chi connectivity index (χ0v) is 15.5. The standard InChI is InChI=1S/C16H34N2O2S/c1-7-16(2,3)13-8-9-14(17-4)15(12-13)18(5)10-11-21(6,19)20/h13-15,17H,7-12H2,1-6H3. The van der Waals surface area contributed by atoms with Crippen molar-refractivity contribution < 1.29 is 8.42 Å². The van der Waals surface area contributed by atoms with Gasteiger partial charge in [0.05, 0.1) is 5.75 Å². The van der Waals surface area contributed by atoms with E-state index in [0.717, 1.165) is 12.3 Å². The van der Waals surface area contributed by atoms with E-state index in [-0.39, 0.29) is 5.75 Å². The lowest BCUT2D eigenvalue weighted by Crippen LogP contribution is -2.53. The lowest BCUT2D eigenvalue weighted by atomic mass is 9.67. The molecule has 0 spiro atoms. The molecule has 0 aliphatic heterocycles. The minimum absolute atomic E-state index is 0.248. The fourth-order valence-corrected chi connectivity index (χ4v) is 4.06. The van der Waals surface area contributed by atoms with Gasteiger partial charge in [-0.1, -0.05) is 27.2 Å². The van der Waals surface area contributed by atoms with Crippen molar-refractivity contribution in [2.24, 2.45) is 11.3 Å². The van der Waals surface area contributed by atoms with Crippen molar-refractivity contribution in [3.63, 3.8) is 0 Å². The molecule has 1 aliphatic carbocycles. The van der Waals surface area contributed by atoms with Crippen LogP contribution in [-0.4, -0.2) is 58.1 Å². The molecule has 0 aromatic rings. The Morgan fingerprint density at radius 2 is 1.90 bits per heavy atom. The van der Waals surface area contributed by atoms with Crippen LogP contribution >= 0.6 is 0 Å². The summed E-state index contributed by atoms with van der Waals surface area (Å²) < 4.78 is 22.8. The van der Waals surface area contributed by atoms with E-state index in [9.17, 15) is 8.42 Å². The van der Waals surface area contributed by atoms with Crippen LogP contribution in [0.25, 0.3) is 0 Å². The topological polar surface area (TPSA) is 49.4 Å². The van der Waals surface area contributed by atoms with Crippen LogP contribution in [0.3, 0.4) is 0 Å². The van der Waals surface area contributed by atoms with Crippen molar-refractivity contribution >= 4 is 9.84 Å². The maximum atomic E-state index is 11.4. The van der Waals surface area contributed by atoms with Crippen molar-refractivity contribution in [3.05, 3.63) is 0 Å². The number of hydrogen-bond donors (Lipinski definition) is 1. The summed E-state index contributed by atoms with van der Waals surface area (Å²) >= 11 is 0. The highest BCUT2D eigenvalue weighted by Gasteiger charge is 2.38. The summed E-state index contributed by atoms with van der Waals surface area (Å²) in [6.45, 7) is 7.63. The highest BCUT2D eigenvalue weighted by Crippen LogP contribution is 2.41. The molecule has 0 amide bonds. The molecule has 21 heavy (non-hydrogen) atoms. The van der Waals surface area contributed by atoms with Crippen molar-refractivity contribution in [1.82, 2.24) is 10.2 Å². The van der Waals surface area contributed by atoms with Gasteiger partial charge in [0, 0.05) is 24.9 Å². The molecule has 4 nitrogen and oxygen atoms in total. The number of hydrogen-bond acceptors (Lipinski definition) is 4. The Kier molecular flexibility index (Phi) is 6.69. The normalized spacial score (nSPS) is 28.0. The van der Waals surface area contributed by atoms with Gasteiger partial charge in [0.25, 0.3) is 0 Å². The zero-order chi connectivity index (χ0) is 16.3. The monoisotopic (exact) mass is 318 g/mol. The molecular formula is C16H34N2O2S. The first kappa shape index (κ1) is 18.9. The molecule has 126 valence electrons. The molecule has 3 atom stereocenters. The van der Waals surface area contributed by atoms with Crippen LogP contribution in [0.5, 0.6) is 0 Å². The van der Waals surface area contributed by atoms with E-state index in [1.165, 1.54) is 25.5 Å². The molecule has 1 N–H and O–H groups in total. The Morgan fingerprint density at radius 1 is 1.29 bits per heavy atom. The van der Waals surface area contributed by atoms with E-state index in [0.29, 0.717) is 24.0 Å². The molecule has 0 aromatic heterocycles. The first-order valence-electron chi connectivity index (χ1n) is 8.16.